The van der Waals surface area contributed by atoms with Crippen LogP contribution in [-0.4, -0.2) is 39.8 Å². The van der Waals surface area contributed by atoms with Gasteiger partial charge in [-0.3, -0.25) is 29.5 Å². The molecule has 0 aliphatic carbocycles. The average molecular weight is 440 g/mol. The fraction of sp³-hybridized carbons (Fsp3) is 0.429. The van der Waals surface area contributed by atoms with Gasteiger partial charge in [-0.25, -0.2) is 0 Å². The molecule has 168 valence electrons. The molecule has 1 aromatic carbocycles. The summed E-state index contributed by atoms with van der Waals surface area (Å²) in [5.74, 6) is -1.19. The molecule has 0 unspecified atom stereocenters. The Kier molecular flexibility index (Phi) is 5.64. The fourth-order valence-electron chi connectivity index (χ4n) is 4.23. The van der Waals surface area contributed by atoms with Crippen molar-refractivity contribution in [2.24, 2.45) is 5.92 Å². The lowest BCUT2D eigenvalue weighted by molar-refractivity contribution is -0.385. The van der Waals surface area contributed by atoms with E-state index in [-0.39, 0.29) is 29.2 Å². The smallest absolute Gasteiger partial charge is 0.274 e. The van der Waals surface area contributed by atoms with Crippen molar-refractivity contribution in [1.29, 1.82) is 0 Å². The molecule has 1 fully saturated rings. The third-order valence-electron chi connectivity index (χ3n) is 5.88. The monoisotopic (exact) mass is 440 g/mol. The molecule has 0 saturated carbocycles. The summed E-state index contributed by atoms with van der Waals surface area (Å²) in [6.07, 6.45) is 1.85. The zero-order valence-corrected chi connectivity index (χ0v) is 17.8. The quantitative estimate of drug-likeness (QED) is 0.487. The predicted molar refractivity (Wildman–Crippen MR) is 118 cm³/mol. The number of nitrogens with zero attached hydrogens (tertiary/aromatic N) is 3. The number of rotatable bonds is 4. The molecule has 11 nitrogen and oxygen atoms in total. The van der Waals surface area contributed by atoms with Crippen LogP contribution in [0.15, 0.2) is 23.0 Å². The number of nitrogens with one attached hydrogen (secondary N) is 3. The van der Waals surface area contributed by atoms with Crippen molar-refractivity contribution in [1.82, 2.24) is 9.97 Å². The molecule has 3 heterocycles. The molecule has 2 aromatic rings. The Morgan fingerprint density at radius 1 is 1.34 bits per heavy atom. The summed E-state index contributed by atoms with van der Waals surface area (Å²) in [5, 5.41) is 16.4. The van der Waals surface area contributed by atoms with E-state index in [1.807, 2.05) is 4.90 Å². The molecule has 0 spiro atoms. The van der Waals surface area contributed by atoms with Crippen LogP contribution in [0.4, 0.5) is 23.1 Å². The standard InChI is InChI=1S/C21H24N6O5/c1-11-4-3-7-26(10-11)21-24-18-17(20(30)25-21)14(9-16(28)23-18)19(29)22-13-6-5-12(2)15(8-13)27(31)32/h5-6,8,11,14H,3-4,7,9-10H2,1-2H3,(H,22,29)(H2,23,24,25,28,30)/t11-,14-/m1/s1. The third kappa shape index (κ3) is 4.18. The minimum atomic E-state index is -1.07. The van der Waals surface area contributed by atoms with Crippen LogP contribution in [0.5, 0.6) is 0 Å². The van der Waals surface area contributed by atoms with Crippen molar-refractivity contribution in [2.75, 3.05) is 28.6 Å². The summed E-state index contributed by atoms with van der Waals surface area (Å²) in [5.41, 5.74) is 0.124. The normalized spacial score (nSPS) is 20.3. The first-order valence-corrected chi connectivity index (χ1v) is 10.5. The minimum absolute atomic E-state index is 0.0771. The summed E-state index contributed by atoms with van der Waals surface area (Å²) in [6.45, 7) is 5.21. The van der Waals surface area contributed by atoms with Crippen LogP contribution in [0.1, 0.15) is 43.2 Å². The van der Waals surface area contributed by atoms with Crippen LogP contribution in [0, 0.1) is 23.0 Å². The number of fused-ring (bicyclic) bond motifs is 1. The number of nitro benzene ring substituents is 1. The second-order valence-corrected chi connectivity index (χ2v) is 8.40. The van der Waals surface area contributed by atoms with Gasteiger partial charge < -0.3 is 15.5 Å². The number of aromatic nitrogens is 2. The summed E-state index contributed by atoms with van der Waals surface area (Å²) in [7, 11) is 0. The summed E-state index contributed by atoms with van der Waals surface area (Å²) in [4.78, 5) is 58.0. The summed E-state index contributed by atoms with van der Waals surface area (Å²) < 4.78 is 0. The predicted octanol–water partition coefficient (Wildman–Crippen LogP) is 2.29. The number of H-pyrrole nitrogens is 1. The van der Waals surface area contributed by atoms with E-state index in [4.69, 9.17) is 0 Å². The molecule has 1 saturated heterocycles. The van der Waals surface area contributed by atoms with Gasteiger partial charge in [-0.15, -0.1) is 0 Å². The number of hydrogen-bond donors (Lipinski definition) is 3. The van der Waals surface area contributed by atoms with E-state index in [0.29, 0.717) is 17.4 Å². The van der Waals surface area contributed by atoms with Gasteiger partial charge in [0.05, 0.1) is 16.4 Å². The lowest BCUT2D eigenvalue weighted by Crippen LogP contribution is -2.40. The van der Waals surface area contributed by atoms with Crippen LogP contribution in [0.25, 0.3) is 0 Å². The van der Waals surface area contributed by atoms with E-state index in [0.717, 1.165) is 25.9 Å². The van der Waals surface area contributed by atoms with Gasteiger partial charge in [-0.05, 0) is 31.7 Å². The molecular weight excluding hydrogens is 416 g/mol. The molecule has 3 N–H and O–H groups in total. The maximum atomic E-state index is 13.0. The van der Waals surface area contributed by atoms with Crippen LogP contribution in [-0.2, 0) is 9.59 Å². The Hall–Kier alpha value is -3.76. The van der Waals surface area contributed by atoms with Gasteiger partial charge in [0, 0.05) is 36.8 Å². The zero-order valence-electron chi connectivity index (χ0n) is 17.8. The molecule has 1 aromatic heterocycles. The van der Waals surface area contributed by atoms with Gasteiger partial charge in [-0.2, -0.15) is 4.98 Å². The Morgan fingerprint density at radius 2 is 2.12 bits per heavy atom. The van der Waals surface area contributed by atoms with Gasteiger partial charge in [0.1, 0.15) is 5.82 Å². The molecule has 32 heavy (non-hydrogen) atoms. The Balaban J connectivity index is 1.64. The highest BCUT2D eigenvalue weighted by atomic mass is 16.6. The van der Waals surface area contributed by atoms with Crippen molar-refractivity contribution in [2.45, 2.75) is 39.0 Å². The number of hydrogen-bond acceptors (Lipinski definition) is 7. The van der Waals surface area contributed by atoms with Crippen molar-refractivity contribution >= 4 is 35.0 Å². The van der Waals surface area contributed by atoms with Crippen LogP contribution >= 0.6 is 0 Å². The topological polar surface area (TPSA) is 150 Å². The number of carbonyl (C=O) groups is 2. The maximum Gasteiger partial charge on any atom is 0.274 e. The van der Waals surface area contributed by atoms with Crippen molar-refractivity contribution < 1.29 is 14.5 Å². The van der Waals surface area contributed by atoms with E-state index in [1.54, 1.807) is 6.92 Å². The molecule has 2 atom stereocenters. The largest absolute Gasteiger partial charge is 0.342 e. The highest BCUT2D eigenvalue weighted by molar-refractivity contribution is 6.04. The van der Waals surface area contributed by atoms with Gasteiger partial charge in [0.15, 0.2) is 0 Å². The summed E-state index contributed by atoms with van der Waals surface area (Å²) >= 11 is 0. The number of piperidine rings is 1. The molecule has 2 aliphatic heterocycles. The SMILES string of the molecule is Cc1ccc(NC(=O)[C@@H]2CC(=O)Nc3nc(N4CCC[C@@H](C)C4)[nH]c(=O)c32)cc1[N+](=O)[O-]. The van der Waals surface area contributed by atoms with Crippen LogP contribution in [0.2, 0.25) is 0 Å². The number of aryl methyl sites for hydroxylation is 1. The number of benzene rings is 1. The first-order valence-electron chi connectivity index (χ1n) is 10.5. The van der Waals surface area contributed by atoms with E-state index < -0.39 is 28.2 Å². The number of amides is 2. The van der Waals surface area contributed by atoms with E-state index >= 15 is 0 Å². The number of nitro groups is 1. The lowest BCUT2D eigenvalue weighted by Gasteiger charge is -2.32. The van der Waals surface area contributed by atoms with Gasteiger partial charge in [0.25, 0.3) is 11.2 Å². The van der Waals surface area contributed by atoms with Crippen LogP contribution < -0.4 is 21.1 Å². The highest BCUT2D eigenvalue weighted by Crippen LogP contribution is 2.31. The van der Waals surface area contributed by atoms with E-state index in [1.165, 1.54) is 18.2 Å². The highest BCUT2D eigenvalue weighted by Gasteiger charge is 2.35. The van der Waals surface area contributed by atoms with E-state index in [9.17, 15) is 24.5 Å². The van der Waals surface area contributed by atoms with Gasteiger partial charge in [-0.1, -0.05) is 13.0 Å². The maximum absolute atomic E-state index is 13.0. The molecule has 0 bridgehead atoms. The molecule has 11 heteroatoms. The zero-order chi connectivity index (χ0) is 23.0. The fourth-order valence-corrected chi connectivity index (χ4v) is 4.23. The molecule has 0 radical (unpaired) electrons. The second-order valence-electron chi connectivity index (χ2n) is 8.40. The Morgan fingerprint density at radius 3 is 2.84 bits per heavy atom. The Bertz CT molecular complexity index is 1160. The van der Waals surface area contributed by atoms with Crippen LogP contribution in [0.3, 0.4) is 0 Å². The first kappa shape index (κ1) is 21.5. The van der Waals surface area contributed by atoms with Crippen molar-refractivity contribution in [3.05, 3.63) is 49.8 Å². The number of anilines is 3. The number of aromatic amines is 1. The number of carbonyl (C=O) groups excluding carboxylic acids is 2. The van der Waals surface area contributed by atoms with Gasteiger partial charge in [0.2, 0.25) is 17.8 Å². The lowest BCUT2D eigenvalue weighted by atomic mass is 9.92. The second kappa shape index (κ2) is 8.40. The van der Waals surface area contributed by atoms with Gasteiger partial charge >= 0.3 is 0 Å². The molecule has 2 amide bonds. The Labute approximate surface area is 183 Å². The first-order chi connectivity index (χ1) is 15.2. The molecule has 2 aliphatic rings. The van der Waals surface area contributed by atoms with E-state index in [2.05, 4.69) is 27.5 Å². The average Bonchev–Trinajstić information content (AvgIpc) is 2.73. The third-order valence-corrected chi connectivity index (χ3v) is 5.88. The van der Waals surface area contributed by atoms with Crippen molar-refractivity contribution in [3.8, 4) is 0 Å². The summed E-state index contributed by atoms with van der Waals surface area (Å²) in [6, 6.07) is 4.31. The minimum Gasteiger partial charge on any atom is -0.342 e. The molecule has 4 rings (SSSR count). The van der Waals surface area contributed by atoms with Crippen molar-refractivity contribution in [3.63, 3.8) is 0 Å². The molecular formula is C21H24N6O5.